The van der Waals surface area contributed by atoms with Gasteiger partial charge < -0.3 is 14.2 Å². The molecule has 3 rings (SSSR count). The SMILES string of the molecule is CCCCCCCCOC(=O)c1ccccc1.CCCCCCCCOC(=O)c1ccccc1.CCCCCCCCOC(=O)c1ccccc1. The van der Waals surface area contributed by atoms with Crippen molar-refractivity contribution >= 4 is 17.9 Å². The molecule has 282 valence electrons. The molecule has 0 heterocycles. The van der Waals surface area contributed by atoms with E-state index in [9.17, 15) is 14.4 Å². The summed E-state index contributed by atoms with van der Waals surface area (Å²) in [5.74, 6) is -0.627. The van der Waals surface area contributed by atoms with Crippen molar-refractivity contribution in [2.24, 2.45) is 0 Å². The number of benzene rings is 3. The van der Waals surface area contributed by atoms with Crippen LogP contribution >= 0.6 is 0 Å². The Bertz CT molecular complexity index is 1070. The lowest BCUT2D eigenvalue weighted by Gasteiger charge is -2.04. The van der Waals surface area contributed by atoms with E-state index in [0.717, 1.165) is 38.5 Å². The van der Waals surface area contributed by atoms with Crippen LogP contribution in [0.1, 0.15) is 167 Å². The topological polar surface area (TPSA) is 78.9 Å². The summed E-state index contributed by atoms with van der Waals surface area (Å²) < 4.78 is 15.6. The zero-order chi connectivity index (χ0) is 37.0. The minimum Gasteiger partial charge on any atom is -0.462 e. The first-order valence-electron chi connectivity index (χ1n) is 19.7. The fourth-order valence-electron chi connectivity index (χ4n) is 5.11. The molecule has 0 amide bonds. The van der Waals surface area contributed by atoms with Crippen molar-refractivity contribution in [2.75, 3.05) is 19.8 Å². The van der Waals surface area contributed by atoms with Crippen molar-refractivity contribution in [1.82, 2.24) is 0 Å². The first-order valence-corrected chi connectivity index (χ1v) is 19.7. The summed E-state index contributed by atoms with van der Waals surface area (Å²) in [6, 6.07) is 27.5. The second-order valence-corrected chi connectivity index (χ2v) is 12.8. The molecule has 0 spiro atoms. The van der Waals surface area contributed by atoms with Gasteiger partial charge in [0.2, 0.25) is 0 Å². The molecule has 0 atom stereocenters. The van der Waals surface area contributed by atoms with Crippen LogP contribution in [0.5, 0.6) is 0 Å². The highest BCUT2D eigenvalue weighted by Gasteiger charge is 2.06. The van der Waals surface area contributed by atoms with Crippen LogP contribution in [0.15, 0.2) is 91.0 Å². The standard InChI is InChI=1S/3C15H22O2/c3*1-2-3-4-5-6-10-13-17-15(16)14-11-8-7-9-12-14/h3*7-9,11-12H,2-6,10,13H2,1H3. The highest BCUT2D eigenvalue weighted by atomic mass is 16.5. The molecule has 3 aromatic rings. The lowest BCUT2D eigenvalue weighted by atomic mass is 10.1. The molecule has 0 N–H and O–H groups in total. The van der Waals surface area contributed by atoms with Gasteiger partial charge in [0.15, 0.2) is 0 Å². The maximum Gasteiger partial charge on any atom is 0.338 e. The molecule has 0 fully saturated rings. The molecule has 6 heteroatoms. The van der Waals surface area contributed by atoms with Crippen LogP contribution in [0, 0.1) is 0 Å². The van der Waals surface area contributed by atoms with Crippen molar-refractivity contribution < 1.29 is 28.6 Å². The van der Waals surface area contributed by atoms with Gasteiger partial charge in [0.1, 0.15) is 0 Å². The van der Waals surface area contributed by atoms with Crippen molar-refractivity contribution in [3.05, 3.63) is 108 Å². The normalized spacial score (nSPS) is 10.2. The Kier molecular flexibility index (Phi) is 29.4. The van der Waals surface area contributed by atoms with E-state index in [-0.39, 0.29) is 17.9 Å². The summed E-state index contributed by atoms with van der Waals surface area (Å²) in [5.41, 5.74) is 1.91. The Morgan fingerprint density at radius 3 is 0.784 bits per heavy atom. The van der Waals surface area contributed by atoms with E-state index >= 15 is 0 Å². The van der Waals surface area contributed by atoms with Crippen LogP contribution in [-0.4, -0.2) is 37.7 Å². The number of hydrogen-bond donors (Lipinski definition) is 0. The minimum absolute atomic E-state index is 0.209. The molecular weight excluding hydrogens is 636 g/mol. The van der Waals surface area contributed by atoms with Crippen molar-refractivity contribution in [3.63, 3.8) is 0 Å². The quantitative estimate of drug-likeness (QED) is 0.0525. The number of carbonyl (C=O) groups is 3. The number of carbonyl (C=O) groups excluding carboxylic acids is 3. The van der Waals surface area contributed by atoms with Gasteiger partial charge in [-0.05, 0) is 55.7 Å². The molecule has 0 aliphatic heterocycles. The Hall–Kier alpha value is -3.93. The van der Waals surface area contributed by atoms with Crippen molar-refractivity contribution in [2.45, 2.75) is 136 Å². The predicted molar refractivity (Wildman–Crippen MR) is 210 cm³/mol. The van der Waals surface area contributed by atoms with Gasteiger partial charge in [-0.25, -0.2) is 14.4 Å². The van der Waals surface area contributed by atoms with Crippen LogP contribution in [-0.2, 0) is 14.2 Å². The monoisotopic (exact) mass is 702 g/mol. The number of rotatable bonds is 24. The summed E-state index contributed by atoms with van der Waals surface area (Å²) in [4.78, 5) is 34.7. The van der Waals surface area contributed by atoms with Gasteiger partial charge in [-0.15, -0.1) is 0 Å². The van der Waals surface area contributed by atoms with Gasteiger partial charge in [0.05, 0.1) is 36.5 Å². The molecular formula is C45H66O6. The molecule has 3 aromatic carbocycles. The molecule has 0 saturated carbocycles. The van der Waals surface area contributed by atoms with E-state index in [1.54, 1.807) is 36.4 Å². The van der Waals surface area contributed by atoms with Gasteiger partial charge in [0, 0.05) is 0 Å². The van der Waals surface area contributed by atoms with Crippen molar-refractivity contribution in [1.29, 1.82) is 0 Å². The van der Waals surface area contributed by atoms with Crippen LogP contribution in [0.4, 0.5) is 0 Å². The molecule has 0 unspecified atom stereocenters. The van der Waals surface area contributed by atoms with Crippen LogP contribution < -0.4 is 0 Å². The van der Waals surface area contributed by atoms with Crippen LogP contribution in [0.25, 0.3) is 0 Å². The van der Waals surface area contributed by atoms with E-state index in [4.69, 9.17) is 14.2 Å². The molecule has 51 heavy (non-hydrogen) atoms. The highest BCUT2D eigenvalue weighted by Crippen LogP contribution is 2.09. The Labute approximate surface area is 309 Å². The van der Waals surface area contributed by atoms with Gasteiger partial charge in [-0.1, -0.05) is 172 Å². The third-order valence-corrected chi connectivity index (χ3v) is 8.22. The summed E-state index contributed by atoms with van der Waals surface area (Å²) in [5, 5.41) is 0. The summed E-state index contributed by atoms with van der Waals surface area (Å²) in [7, 11) is 0. The minimum atomic E-state index is -0.209. The Morgan fingerprint density at radius 2 is 0.549 bits per heavy atom. The fourth-order valence-corrected chi connectivity index (χ4v) is 5.11. The largest absolute Gasteiger partial charge is 0.462 e. The molecule has 6 nitrogen and oxygen atoms in total. The summed E-state index contributed by atoms with van der Waals surface area (Å²) >= 11 is 0. The van der Waals surface area contributed by atoms with E-state index in [1.807, 2.05) is 54.6 Å². The van der Waals surface area contributed by atoms with Crippen LogP contribution in [0.3, 0.4) is 0 Å². The zero-order valence-corrected chi connectivity index (χ0v) is 32.0. The molecule has 0 aliphatic rings. The molecule has 0 bridgehead atoms. The third-order valence-electron chi connectivity index (χ3n) is 8.22. The smallest absolute Gasteiger partial charge is 0.338 e. The summed E-state index contributed by atoms with van der Waals surface area (Å²) in [6.45, 7) is 8.25. The predicted octanol–water partition coefficient (Wildman–Crippen LogP) is 12.6. The van der Waals surface area contributed by atoms with Crippen molar-refractivity contribution in [3.8, 4) is 0 Å². The van der Waals surface area contributed by atoms with E-state index in [1.165, 1.54) is 77.0 Å². The fraction of sp³-hybridized carbons (Fsp3) is 0.533. The zero-order valence-electron chi connectivity index (χ0n) is 32.0. The third kappa shape index (κ3) is 25.6. The average molecular weight is 703 g/mol. The second kappa shape index (κ2) is 33.2. The van der Waals surface area contributed by atoms with E-state index in [0.29, 0.717) is 36.5 Å². The van der Waals surface area contributed by atoms with Gasteiger partial charge in [-0.3, -0.25) is 0 Å². The first-order chi connectivity index (χ1) is 25.0. The maximum absolute atomic E-state index is 11.6. The number of unbranched alkanes of at least 4 members (excludes halogenated alkanes) is 15. The molecule has 0 saturated heterocycles. The average Bonchev–Trinajstić information content (AvgIpc) is 3.18. The van der Waals surface area contributed by atoms with Gasteiger partial charge in [0.25, 0.3) is 0 Å². The van der Waals surface area contributed by atoms with Crippen LogP contribution in [0.2, 0.25) is 0 Å². The second-order valence-electron chi connectivity index (χ2n) is 12.8. The lowest BCUT2D eigenvalue weighted by molar-refractivity contribution is 0.0488. The number of hydrogen-bond acceptors (Lipinski definition) is 6. The summed E-state index contributed by atoms with van der Waals surface area (Å²) in [6.07, 6.45) is 21.7. The van der Waals surface area contributed by atoms with E-state index in [2.05, 4.69) is 20.8 Å². The molecule has 0 radical (unpaired) electrons. The highest BCUT2D eigenvalue weighted by molar-refractivity contribution is 5.90. The number of ether oxygens (including phenoxy) is 3. The van der Waals surface area contributed by atoms with E-state index < -0.39 is 0 Å². The Morgan fingerprint density at radius 1 is 0.333 bits per heavy atom. The number of esters is 3. The molecule has 0 aromatic heterocycles. The first kappa shape index (κ1) is 45.1. The lowest BCUT2D eigenvalue weighted by Crippen LogP contribution is -2.06. The Balaban J connectivity index is 0.000000382. The van der Waals surface area contributed by atoms with Gasteiger partial charge >= 0.3 is 17.9 Å². The maximum atomic E-state index is 11.6. The van der Waals surface area contributed by atoms with Gasteiger partial charge in [-0.2, -0.15) is 0 Å². The molecule has 0 aliphatic carbocycles.